The molecule has 2 saturated heterocycles. The number of likely N-dealkylation sites (N-methyl/N-ethyl adjacent to an activating group) is 1. The van der Waals surface area contributed by atoms with Gasteiger partial charge in [-0.25, -0.2) is 8.78 Å². The zero-order valence-corrected chi connectivity index (χ0v) is 21.0. The Morgan fingerprint density at radius 1 is 1.11 bits per heavy atom. The van der Waals surface area contributed by atoms with Crippen molar-refractivity contribution < 1.29 is 13.5 Å². The van der Waals surface area contributed by atoms with Gasteiger partial charge in [0.15, 0.2) is 5.82 Å². The maximum absolute atomic E-state index is 16.3. The number of alkyl halides is 1. The number of hydrogen-bond donors (Lipinski definition) is 1. The van der Waals surface area contributed by atoms with E-state index in [0.29, 0.717) is 24.2 Å². The first-order chi connectivity index (χ1) is 18.0. The van der Waals surface area contributed by atoms with Crippen molar-refractivity contribution in [1.29, 1.82) is 0 Å². The van der Waals surface area contributed by atoms with Crippen LogP contribution in [-0.4, -0.2) is 78.4 Å². The van der Waals surface area contributed by atoms with Gasteiger partial charge in [-0.3, -0.25) is 9.88 Å². The molecule has 37 heavy (non-hydrogen) atoms. The van der Waals surface area contributed by atoms with E-state index in [1.807, 2.05) is 55.3 Å². The van der Waals surface area contributed by atoms with Gasteiger partial charge in [0.1, 0.15) is 29.8 Å². The Morgan fingerprint density at radius 3 is 2.65 bits per heavy atom. The van der Waals surface area contributed by atoms with Crippen LogP contribution in [0.25, 0.3) is 32.9 Å². The third-order valence-corrected chi connectivity index (χ3v) is 7.47. The van der Waals surface area contributed by atoms with Gasteiger partial charge in [-0.2, -0.15) is 9.97 Å². The molecule has 6 rings (SSSR count). The van der Waals surface area contributed by atoms with Gasteiger partial charge in [0.05, 0.1) is 5.39 Å². The number of rotatable bonds is 5. The van der Waals surface area contributed by atoms with Gasteiger partial charge < -0.3 is 15.0 Å². The Kier molecular flexibility index (Phi) is 6.34. The second-order valence-electron chi connectivity index (χ2n) is 9.97. The zero-order valence-electron chi connectivity index (χ0n) is 21.0. The van der Waals surface area contributed by atoms with Crippen molar-refractivity contribution in [2.24, 2.45) is 0 Å². The second-order valence-corrected chi connectivity index (χ2v) is 9.97. The quantitative estimate of drug-likeness (QED) is 0.439. The number of aryl methyl sites for hydroxylation is 1. The SMILES string of the molecule is Cc1cccc2cccc(-c3ncc4c(N5CCNCC5)nc(OC[C@@H]5C[C@@H](F)CN5C)nc4c3F)c12. The largest absolute Gasteiger partial charge is 0.462 e. The maximum atomic E-state index is 16.3. The minimum absolute atomic E-state index is 0.0755. The molecular weight excluding hydrogens is 474 g/mol. The fraction of sp³-hybridized carbons (Fsp3) is 0.393. The number of ether oxygens (including phenoxy) is 1. The normalized spacial score (nSPS) is 20.7. The highest BCUT2D eigenvalue weighted by atomic mass is 19.1. The van der Waals surface area contributed by atoms with E-state index in [9.17, 15) is 4.39 Å². The molecule has 4 heterocycles. The number of nitrogens with zero attached hydrogens (tertiary/aromatic N) is 5. The van der Waals surface area contributed by atoms with E-state index in [1.165, 1.54) is 0 Å². The summed E-state index contributed by atoms with van der Waals surface area (Å²) in [6, 6.07) is 11.9. The summed E-state index contributed by atoms with van der Waals surface area (Å²) in [6.45, 7) is 5.70. The second kappa shape index (κ2) is 9.79. The summed E-state index contributed by atoms with van der Waals surface area (Å²) in [5, 5.41) is 5.88. The van der Waals surface area contributed by atoms with Gasteiger partial charge in [-0.15, -0.1) is 0 Å². The lowest BCUT2D eigenvalue weighted by Crippen LogP contribution is -2.44. The van der Waals surface area contributed by atoms with Gasteiger partial charge in [-0.05, 0) is 36.7 Å². The Morgan fingerprint density at radius 2 is 1.89 bits per heavy atom. The van der Waals surface area contributed by atoms with E-state index < -0.39 is 12.0 Å². The molecule has 192 valence electrons. The molecule has 2 fully saturated rings. The van der Waals surface area contributed by atoms with Crippen LogP contribution in [0.1, 0.15) is 12.0 Å². The van der Waals surface area contributed by atoms with Crippen molar-refractivity contribution >= 4 is 27.5 Å². The van der Waals surface area contributed by atoms with Crippen LogP contribution < -0.4 is 15.0 Å². The smallest absolute Gasteiger partial charge is 0.319 e. The molecule has 0 amide bonds. The molecule has 4 aromatic rings. The average molecular weight is 505 g/mol. The molecule has 0 unspecified atom stereocenters. The minimum atomic E-state index is -0.872. The van der Waals surface area contributed by atoms with E-state index in [-0.39, 0.29) is 29.9 Å². The molecule has 2 atom stereocenters. The number of nitrogens with one attached hydrogen (secondary N) is 1. The first kappa shape index (κ1) is 23.9. The topological polar surface area (TPSA) is 66.4 Å². The van der Waals surface area contributed by atoms with Crippen LogP contribution in [0, 0.1) is 12.7 Å². The third-order valence-electron chi connectivity index (χ3n) is 7.47. The molecule has 0 bridgehead atoms. The highest BCUT2D eigenvalue weighted by molar-refractivity contribution is 6.00. The van der Waals surface area contributed by atoms with Crippen LogP contribution >= 0.6 is 0 Å². The lowest BCUT2D eigenvalue weighted by atomic mass is 9.97. The molecule has 2 aliphatic rings. The van der Waals surface area contributed by atoms with Crippen LogP contribution in [0.4, 0.5) is 14.6 Å². The number of likely N-dealkylation sites (tertiary alicyclic amines) is 1. The first-order valence-corrected chi connectivity index (χ1v) is 12.8. The average Bonchev–Trinajstić information content (AvgIpc) is 3.24. The van der Waals surface area contributed by atoms with Crippen molar-refractivity contribution in [3.05, 3.63) is 54.0 Å². The first-order valence-electron chi connectivity index (χ1n) is 12.8. The van der Waals surface area contributed by atoms with Crippen LogP contribution in [0.15, 0.2) is 42.6 Å². The Hall–Kier alpha value is -3.43. The van der Waals surface area contributed by atoms with Crippen molar-refractivity contribution in [2.45, 2.75) is 25.6 Å². The predicted octanol–water partition coefficient (Wildman–Crippen LogP) is 4.12. The van der Waals surface area contributed by atoms with E-state index in [0.717, 1.165) is 48.1 Å². The van der Waals surface area contributed by atoms with Gasteiger partial charge >= 0.3 is 6.01 Å². The van der Waals surface area contributed by atoms with Gasteiger partial charge in [0.2, 0.25) is 0 Å². The summed E-state index contributed by atoms with van der Waals surface area (Å²) in [6.07, 6.45) is 1.20. The lowest BCUT2D eigenvalue weighted by Gasteiger charge is -2.29. The number of benzene rings is 2. The van der Waals surface area contributed by atoms with Crippen molar-refractivity contribution in [3.8, 4) is 17.3 Å². The molecular formula is C28H30F2N6O. The number of piperazine rings is 1. The van der Waals surface area contributed by atoms with E-state index >= 15 is 4.39 Å². The van der Waals surface area contributed by atoms with Gasteiger partial charge in [0.25, 0.3) is 0 Å². The zero-order chi connectivity index (χ0) is 25.5. The number of fused-ring (bicyclic) bond motifs is 2. The summed E-state index contributed by atoms with van der Waals surface area (Å²) in [5.41, 5.74) is 2.20. The molecule has 7 nitrogen and oxygen atoms in total. The summed E-state index contributed by atoms with van der Waals surface area (Å²) < 4.78 is 36.1. The number of hydrogen-bond acceptors (Lipinski definition) is 7. The van der Waals surface area contributed by atoms with Crippen LogP contribution in [-0.2, 0) is 0 Å². The van der Waals surface area contributed by atoms with Gasteiger partial charge in [-0.1, -0.05) is 36.4 Å². The van der Waals surface area contributed by atoms with Crippen LogP contribution in [0.3, 0.4) is 0 Å². The Labute approximate surface area is 214 Å². The molecule has 9 heteroatoms. The number of anilines is 1. The summed E-state index contributed by atoms with van der Waals surface area (Å²) in [5.74, 6) is 0.107. The van der Waals surface area contributed by atoms with Crippen molar-refractivity contribution in [2.75, 3.05) is 51.3 Å². The molecule has 0 saturated carbocycles. The number of pyridine rings is 1. The molecule has 1 N–H and O–H groups in total. The Bertz CT molecular complexity index is 1450. The third kappa shape index (κ3) is 4.46. The summed E-state index contributed by atoms with van der Waals surface area (Å²) >= 11 is 0. The standard InChI is InChI=1S/C28H30F2N6O/c1-17-5-3-6-18-7-4-8-21(23(17)18)25-24(30)26-22(14-32-25)27(36-11-9-31-10-12-36)34-28(33-26)37-16-20-13-19(29)15-35(20)2/h3-8,14,19-20,31H,9-13,15-16H2,1-2H3/t19-,20+/m1/s1. The maximum Gasteiger partial charge on any atom is 0.319 e. The molecule has 2 aliphatic heterocycles. The number of halogens is 2. The van der Waals surface area contributed by atoms with E-state index in [2.05, 4.69) is 25.2 Å². The fourth-order valence-corrected chi connectivity index (χ4v) is 5.49. The highest BCUT2D eigenvalue weighted by Crippen LogP contribution is 2.36. The molecule has 0 spiro atoms. The Balaban J connectivity index is 1.46. The van der Waals surface area contributed by atoms with E-state index in [4.69, 9.17) is 4.74 Å². The molecule has 2 aromatic carbocycles. The fourth-order valence-electron chi connectivity index (χ4n) is 5.49. The van der Waals surface area contributed by atoms with Gasteiger partial charge in [0, 0.05) is 50.5 Å². The van der Waals surface area contributed by atoms with Crippen molar-refractivity contribution in [1.82, 2.24) is 25.2 Å². The van der Waals surface area contributed by atoms with Crippen LogP contribution in [0.5, 0.6) is 6.01 Å². The molecule has 0 aliphatic carbocycles. The van der Waals surface area contributed by atoms with Crippen LogP contribution in [0.2, 0.25) is 0 Å². The molecule has 0 radical (unpaired) electrons. The number of aromatic nitrogens is 3. The highest BCUT2D eigenvalue weighted by Gasteiger charge is 2.30. The monoisotopic (exact) mass is 504 g/mol. The molecule has 2 aromatic heterocycles. The van der Waals surface area contributed by atoms with E-state index in [1.54, 1.807) is 6.20 Å². The minimum Gasteiger partial charge on any atom is -0.462 e. The summed E-state index contributed by atoms with van der Waals surface area (Å²) in [4.78, 5) is 17.8. The summed E-state index contributed by atoms with van der Waals surface area (Å²) in [7, 11) is 1.88. The predicted molar refractivity (Wildman–Crippen MR) is 141 cm³/mol. The van der Waals surface area contributed by atoms with Crippen molar-refractivity contribution in [3.63, 3.8) is 0 Å². The lowest BCUT2D eigenvalue weighted by molar-refractivity contribution is 0.188.